The summed E-state index contributed by atoms with van der Waals surface area (Å²) in [6.07, 6.45) is 69.6. The lowest BCUT2D eigenvalue weighted by atomic mass is 10.1. The van der Waals surface area contributed by atoms with Crippen molar-refractivity contribution in [3.8, 4) is 0 Å². The number of hydrogen-bond donors (Lipinski definition) is 2. The van der Waals surface area contributed by atoms with Gasteiger partial charge in [-0.3, -0.25) is 23.4 Å². The molecule has 0 aliphatic heterocycles. The summed E-state index contributed by atoms with van der Waals surface area (Å²) in [4.78, 5) is 48.7. The molecule has 0 radical (unpaired) electrons. The first-order valence-corrected chi connectivity index (χ1v) is 33.0. The van der Waals surface area contributed by atoms with E-state index in [-0.39, 0.29) is 25.9 Å². The number of hydrogen-bond acceptors (Lipinski definition) is 10. The van der Waals surface area contributed by atoms with Crippen molar-refractivity contribution in [1.82, 2.24) is 0 Å². The molecule has 0 saturated heterocycles. The lowest BCUT2D eigenvalue weighted by Crippen LogP contribution is -2.30. The second-order valence-electron chi connectivity index (χ2n) is 20.8. The minimum Gasteiger partial charge on any atom is -0.462 e. The van der Waals surface area contributed by atoms with E-state index in [2.05, 4.69) is 106 Å². The summed E-state index contributed by atoms with van der Waals surface area (Å²) in [7, 11) is -4.77. The third-order valence-corrected chi connectivity index (χ3v) is 14.2. The minimum atomic E-state index is -4.77. The molecule has 0 amide bonds. The van der Waals surface area contributed by atoms with Crippen molar-refractivity contribution in [2.75, 3.05) is 26.4 Å². The SMILES string of the molecule is CC/C=C\C/C=C\C/C=C\C/C=C\CCCCCCC(=O)OC(CO)COP(=O)(O)OCC(COC(=O)CCCCCCC/C=C\C/C=C\CCCCC)OC(=O)CCCCCCCCCCC/C=C\CCCCCCCC. The van der Waals surface area contributed by atoms with E-state index in [0.717, 1.165) is 116 Å². The maximum Gasteiger partial charge on any atom is 0.472 e. The van der Waals surface area contributed by atoms with E-state index in [4.69, 9.17) is 23.3 Å². The fourth-order valence-electron chi connectivity index (χ4n) is 8.49. The molecule has 0 heterocycles. The maximum atomic E-state index is 12.9. The molecule has 0 aromatic heterocycles. The number of carbonyl (C=O) groups is 3. The van der Waals surface area contributed by atoms with Crippen LogP contribution in [-0.4, -0.2) is 66.5 Å². The minimum absolute atomic E-state index is 0.146. The Balaban J connectivity index is 4.74. The Bertz CT molecular complexity index is 1630. The number of rotatable bonds is 58. The molecule has 3 atom stereocenters. The highest BCUT2D eigenvalue weighted by molar-refractivity contribution is 7.47. The third kappa shape index (κ3) is 57.3. The molecule has 0 aliphatic rings. The molecule has 0 aromatic carbocycles. The summed E-state index contributed by atoms with van der Waals surface area (Å²) < 4.78 is 39.6. The maximum absolute atomic E-state index is 12.9. The molecule has 0 rings (SSSR count). The average Bonchev–Trinajstić information content (AvgIpc) is 3.43. The van der Waals surface area contributed by atoms with Gasteiger partial charge in [-0.05, 0) is 116 Å². The second kappa shape index (κ2) is 59.8. The predicted molar refractivity (Wildman–Crippen MR) is 325 cm³/mol. The van der Waals surface area contributed by atoms with Crippen molar-refractivity contribution < 1.29 is 52.2 Å². The monoisotopic (exact) mass is 1110 g/mol. The Morgan fingerprint density at radius 2 is 0.667 bits per heavy atom. The van der Waals surface area contributed by atoms with Crippen LogP contribution in [0.2, 0.25) is 0 Å². The number of aliphatic hydroxyl groups is 1. The van der Waals surface area contributed by atoms with Gasteiger partial charge in [0.2, 0.25) is 0 Å². The molecule has 0 aliphatic carbocycles. The van der Waals surface area contributed by atoms with E-state index < -0.39 is 57.8 Å². The third-order valence-electron chi connectivity index (χ3n) is 13.3. The van der Waals surface area contributed by atoms with Crippen LogP contribution >= 0.6 is 7.82 Å². The number of unbranched alkanes of at least 4 members (excludes halogenated alkanes) is 27. The van der Waals surface area contributed by atoms with Crippen molar-refractivity contribution in [3.05, 3.63) is 85.1 Å². The largest absolute Gasteiger partial charge is 0.472 e. The van der Waals surface area contributed by atoms with E-state index in [1.807, 2.05) is 0 Å². The number of phosphoric ester groups is 1. The van der Waals surface area contributed by atoms with Gasteiger partial charge < -0.3 is 24.2 Å². The fourth-order valence-corrected chi connectivity index (χ4v) is 9.27. The molecule has 3 unspecified atom stereocenters. The van der Waals surface area contributed by atoms with Crippen LogP contribution in [-0.2, 0) is 42.2 Å². The zero-order chi connectivity index (χ0) is 56.9. The van der Waals surface area contributed by atoms with E-state index in [1.54, 1.807) is 0 Å². The van der Waals surface area contributed by atoms with Crippen LogP contribution in [0.3, 0.4) is 0 Å². The number of phosphoric acid groups is 1. The van der Waals surface area contributed by atoms with E-state index >= 15 is 0 Å². The molecule has 0 saturated carbocycles. The van der Waals surface area contributed by atoms with E-state index in [9.17, 15) is 28.9 Å². The number of carbonyl (C=O) groups excluding carboxylic acids is 3. The molecule has 450 valence electrons. The second-order valence-corrected chi connectivity index (χ2v) is 22.3. The Hall–Kier alpha value is -3.34. The molecular weight excluding hydrogens is 1000 g/mol. The molecule has 2 N–H and O–H groups in total. The highest BCUT2D eigenvalue weighted by atomic mass is 31.2. The van der Waals surface area contributed by atoms with Gasteiger partial charge in [0, 0.05) is 19.3 Å². The first kappa shape index (κ1) is 74.7. The topological polar surface area (TPSA) is 155 Å². The Morgan fingerprint density at radius 1 is 0.372 bits per heavy atom. The number of ether oxygens (including phenoxy) is 3. The summed E-state index contributed by atoms with van der Waals surface area (Å²) in [5, 5.41) is 9.84. The number of allylic oxidation sites excluding steroid dienone is 14. The van der Waals surface area contributed by atoms with E-state index in [0.29, 0.717) is 19.3 Å². The smallest absolute Gasteiger partial charge is 0.462 e. The molecule has 0 bridgehead atoms. The molecule has 11 nitrogen and oxygen atoms in total. The predicted octanol–water partition coefficient (Wildman–Crippen LogP) is 19.0. The zero-order valence-corrected chi connectivity index (χ0v) is 50.8. The molecule has 0 spiro atoms. The van der Waals surface area contributed by atoms with Crippen LogP contribution < -0.4 is 0 Å². The standard InChI is InChI=1S/C66H115O11P/c1-4-7-10-13-16-19-22-25-28-30-31-33-36-39-42-45-48-51-54-57-66(70)77-63(59-73-64(68)55-52-49-46-43-40-37-34-27-24-21-18-15-12-9-6-3)61-75-78(71,72)74-60-62(58-67)76-65(69)56-53-50-47-44-41-38-35-32-29-26-23-20-17-14-11-8-5-2/h8,11,17-18,20-21,25-29,34-35,38,62-63,67H,4-7,9-10,12-16,19,22-24,30-33,36-37,39-61H2,1-3H3,(H,71,72)/b11-8-,20-17-,21-18-,28-25-,29-26-,34-27-,38-35-. The highest BCUT2D eigenvalue weighted by Crippen LogP contribution is 2.43. The van der Waals surface area contributed by atoms with Gasteiger partial charge in [0.15, 0.2) is 6.10 Å². The van der Waals surface area contributed by atoms with Crippen LogP contribution in [0.1, 0.15) is 278 Å². The van der Waals surface area contributed by atoms with Gasteiger partial charge in [0.05, 0.1) is 19.8 Å². The molecule has 12 heteroatoms. The van der Waals surface area contributed by atoms with Crippen LogP contribution in [0, 0.1) is 0 Å². The quantitative estimate of drug-likeness (QED) is 0.0197. The molecular formula is C66H115O11P. The summed E-state index contributed by atoms with van der Waals surface area (Å²) in [6, 6.07) is 0. The van der Waals surface area contributed by atoms with Crippen LogP contribution in [0.25, 0.3) is 0 Å². The van der Waals surface area contributed by atoms with E-state index in [1.165, 1.54) is 103 Å². The fraction of sp³-hybridized carbons (Fsp3) is 0.742. The molecule has 0 fully saturated rings. The Labute approximate surface area is 477 Å². The number of esters is 3. The van der Waals surface area contributed by atoms with Crippen molar-refractivity contribution >= 4 is 25.7 Å². The van der Waals surface area contributed by atoms with Crippen LogP contribution in [0.15, 0.2) is 85.1 Å². The van der Waals surface area contributed by atoms with Crippen LogP contribution in [0.5, 0.6) is 0 Å². The zero-order valence-electron chi connectivity index (χ0n) is 49.9. The van der Waals surface area contributed by atoms with Gasteiger partial charge in [0.25, 0.3) is 0 Å². The first-order valence-electron chi connectivity index (χ1n) is 31.5. The normalized spacial score (nSPS) is 13.9. The first-order chi connectivity index (χ1) is 38.2. The van der Waals surface area contributed by atoms with Crippen molar-refractivity contribution in [2.24, 2.45) is 0 Å². The van der Waals surface area contributed by atoms with Crippen molar-refractivity contribution in [3.63, 3.8) is 0 Å². The van der Waals surface area contributed by atoms with Crippen molar-refractivity contribution in [1.29, 1.82) is 0 Å². The molecule has 0 aromatic rings. The summed E-state index contributed by atoms with van der Waals surface area (Å²) in [6.45, 7) is 4.48. The Morgan fingerprint density at radius 3 is 1.06 bits per heavy atom. The van der Waals surface area contributed by atoms with Crippen LogP contribution in [0.4, 0.5) is 0 Å². The lowest BCUT2D eigenvalue weighted by Gasteiger charge is -2.21. The lowest BCUT2D eigenvalue weighted by molar-refractivity contribution is -0.161. The average molecular weight is 1120 g/mol. The summed E-state index contributed by atoms with van der Waals surface area (Å²) in [5.74, 6) is -1.50. The van der Waals surface area contributed by atoms with Gasteiger partial charge >= 0.3 is 25.7 Å². The van der Waals surface area contributed by atoms with Gasteiger partial charge in [-0.1, -0.05) is 228 Å². The highest BCUT2D eigenvalue weighted by Gasteiger charge is 2.28. The molecule has 78 heavy (non-hydrogen) atoms. The number of aliphatic hydroxyl groups excluding tert-OH is 1. The van der Waals surface area contributed by atoms with Gasteiger partial charge in [-0.15, -0.1) is 0 Å². The van der Waals surface area contributed by atoms with Gasteiger partial charge in [-0.2, -0.15) is 0 Å². The van der Waals surface area contributed by atoms with Crippen molar-refractivity contribution in [2.45, 2.75) is 290 Å². The summed E-state index contributed by atoms with van der Waals surface area (Å²) in [5.41, 5.74) is 0. The summed E-state index contributed by atoms with van der Waals surface area (Å²) >= 11 is 0. The Kier molecular flexibility index (Phi) is 57.2. The van der Waals surface area contributed by atoms with Gasteiger partial charge in [0.1, 0.15) is 12.7 Å². The van der Waals surface area contributed by atoms with Gasteiger partial charge in [-0.25, -0.2) is 4.57 Å².